The summed E-state index contributed by atoms with van der Waals surface area (Å²) in [5, 5.41) is 0. The SMILES string of the molecule is CCc1ccc(CN(C)CC2COc3ccccc3O2)o1. The second kappa shape index (κ2) is 6.22. The molecule has 0 fully saturated rings. The Kier molecular flexibility index (Phi) is 4.15. The number of hydrogen-bond donors (Lipinski definition) is 0. The average Bonchev–Trinajstić information content (AvgIpc) is 2.94. The lowest BCUT2D eigenvalue weighted by Gasteiger charge is -2.29. The third-order valence-corrected chi connectivity index (χ3v) is 3.57. The lowest BCUT2D eigenvalue weighted by molar-refractivity contribution is 0.0622. The third kappa shape index (κ3) is 3.39. The summed E-state index contributed by atoms with van der Waals surface area (Å²) >= 11 is 0. The second-order valence-corrected chi connectivity index (χ2v) is 5.42. The van der Waals surface area contributed by atoms with E-state index in [-0.39, 0.29) is 6.10 Å². The van der Waals surface area contributed by atoms with Crippen LogP contribution in [-0.2, 0) is 13.0 Å². The highest BCUT2D eigenvalue weighted by molar-refractivity contribution is 5.40. The Morgan fingerprint density at radius 1 is 1.10 bits per heavy atom. The molecule has 0 spiro atoms. The molecule has 0 aliphatic carbocycles. The minimum atomic E-state index is 0.0468. The standard InChI is InChI=1S/C17H21NO3/c1-3-13-8-9-14(20-13)10-18(2)11-15-12-19-16-6-4-5-7-17(16)21-15/h4-9,15H,3,10-12H2,1-2H3. The average molecular weight is 287 g/mol. The van der Waals surface area contributed by atoms with Crippen molar-refractivity contribution in [2.24, 2.45) is 0 Å². The molecule has 1 atom stereocenters. The van der Waals surface area contributed by atoms with Gasteiger partial charge >= 0.3 is 0 Å². The predicted octanol–water partition coefficient (Wildman–Crippen LogP) is 3.11. The summed E-state index contributed by atoms with van der Waals surface area (Å²) < 4.78 is 17.4. The van der Waals surface area contributed by atoms with Gasteiger partial charge in [0.2, 0.25) is 0 Å². The zero-order chi connectivity index (χ0) is 14.7. The summed E-state index contributed by atoms with van der Waals surface area (Å²) in [6.45, 7) is 4.26. The maximum Gasteiger partial charge on any atom is 0.161 e. The number of hydrogen-bond acceptors (Lipinski definition) is 4. The largest absolute Gasteiger partial charge is 0.486 e. The number of nitrogens with zero attached hydrogens (tertiary/aromatic N) is 1. The maximum atomic E-state index is 5.97. The van der Waals surface area contributed by atoms with Crippen LogP contribution in [0.25, 0.3) is 0 Å². The summed E-state index contributed by atoms with van der Waals surface area (Å²) in [6.07, 6.45) is 0.977. The smallest absolute Gasteiger partial charge is 0.161 e. The number of likely N-dealkylation sites (N-methyl/N-ethyl adjacent to an activating group) is 1. The number of fused-ring (bicyclic) bond motifs is 1. The van der Waals surface area contributed by atoms with Crippen molar-refractivity contribution in [1.82, 2.24) is 4.90 Å². The fourth-order valence-corrected chi connectivity index (χ4v) is 2.53. The van der Waals surface area contributed by atoms with Crippen molar-refractivity contribution in [3.05, 3.63) is 47.9 Å². The van der Waals surface area contributed by atoms with Crippen LogP contribution in [0.15, 0.2) is 40.8 Å². The molecule has 3 rings (SSSR count). The highest BCUT2D eigenvalue weighted by Crippen LogP contribution is 2.31. The number of ether oxygens (including phenoxy) is 2. The summed E-state index contributed by atoms with van der Waals surface area (Å²) in [7, 11) is 2.07. The zero-order valence-electron chi connectivity index (χ0n) is 12.5. The molecule has 1 aliphatic rings. The van der Waals surface area contributed by atoms with Crippen molar-refractivity contribution in [2.75, 3.05) is 20.2 Å². The first-order valence-corrected chi connectivity index (χ1v) is 7.39. The van der Waals surface area contributed by atoms with Gasteiger partial charge in [-0.3, -0.25) is 4.90 Å². The van der Waals surface area contributed by atoms with Gasteiger partial charge in [-0.25, -0.2) is 0 Å². The molecule has 4 heteroatoms. The Morgan fingerprint density at radius 3 is 2.62 bits per heavy atom. The van der Waals surface area contributed by atoms with Crippen molar-refractivity contribution in [1.29, 1.82) is 0 Å². The first kappa shape index (κ1) is 14.0. The van der Waals surface area contributed by atoms with Gasteiger partial charge in [-0.2, -0.15) is 0 Å². The lowest BCUT2D eigenvalue weighted by atomic mass is 10.2. The highest BCUT2D eigenvalue weighted by atomic mass is 16.6. The molecule has 2 heterocycles. The molecule has 4 nitrogen and oxygen atoms in total. The molecule has 21 heavy (non-hydrogen) atoms. The molecule has 0 amide bonds. The quantitative estimate of drug-likeness (QED) is 0.846. The van der Waals surface area contributed by atoms with Gasteiger partial charge in [0.05, 0.1) is 6.54 Å². The van der Waals surface area contributed by atoms with Crippen LogP contribution in [0.2, 0.25) is 0 Å². The molecular formula is C17H21NO3. The zero-order valence-corrected chi connectivity index (χ0v) is 12.5. The minimum Gasteiger partial charge on any atom is -0.486 e. The molecule has 0 saturated carbocycles. The first-order chi connectivity index (χ1) is 10.2. The number of furan rings is 1. The molecule has 0 saturated heterocycles. The van der Waals surface area contributed by atoms with Crippen LogP contribution in [0.3, 0.4) is 0 Å². The minimum absolute atomic E-state index is 0.0468. The van der Waals surface area contributed by atoms with Crippen LogP contribution in [0.5, 0.6) is 11.5 Å². The normalized spacial score (nSPS) is 17.2. The van der Waals surface area contributed by atoms with Gasteiger partial charge in [-0.05, 0) is 31.3 Å². The molecule has 0 radical (unpaired) electrons. The van der Waals surface area contributed by atoms with Crippen molar-refractivity contribution in [2.45, 2.75) is 26.0 Å². The Hall–Kier alpha value is -1.94. The number of rotatable bonds is 5. The summed E-state index contributed by atoms with van der Waals surface area (Å²) in [4.78, 5) is 2.19. The fraction of sp³-hybridized carbons (Fsp3) is 0.412. The maximum absolute atomic E-state index is 5.97. The van der Waals surface area contributed by atoms with E-state index >= 15 is 0 Å². The molecule has 0 N–H and O–H groups in total. The summed E-state index contributed by atoms with van der Waals surface area (Å²) in [6, 6.07) is 11.9. The molecule has 1 aliphatic heterocycles. The van der Waals surface area contributed by atoms with Crippen molar-refractivity contribution >= 4 is 0 Å². The van der Waals surface area contributed by atoms with Crippen LogP contribution in [-0.4, -0.2) is 31.2 Å². The van der Waals surface area contributed by atoms with Gasteiger partial charge < -0.3 is 13.9 Å². The van der Waals surface area contributed by atoms with E-state index in [2.05, 4.69) is 18.9 Å². The van der Waals surface area contributed by atoms with E-state index < -0.39 is 0 Å². The number of benzene rings is 1. The van der Waals surface area contributed by atoms with Crippen LogP contribution in [0, 0.1) is 0 Å². The molecule has 112 valence electrons. The second-order valence-electron chi connectivity index (χ2n) is 5.42. The van der Waals surface area contributed by atoms with E-state index in [4.69, 9.17) is 13.9 Å². The Bertz CT molecular complexity index is 593. The van der Waals surface area contributed by atoms with E-state index in [1.807, 2.05) is 36.4 Å². The van der Waals surface area contributed by atoms with E-state index in [1.165, 1.54) is 0 Å². The summed E-state index contributed by atoms with van der Waals surface area (Å²) in [5.41, 5.74) is 0. The van der Waals surface area contributed by atoms with E-state index in [1.54, 1.807) is 0 Å². The summed E-state index contributed by atoms with van der Waals surface area (Å²) in [5.74, 6) is 3.68. The van der Waals surface area contributed by atoms with Crippen LogP contribution >= 0.6 is 0 Å². The number of para-hydroxylation sites is 2. The van der Waals surface area contributed by atoms with Gasteiger partial charge in [0.15, 0.2) is 11.5 Å². The topological polar surface area (TPSA) is 34.8 Å². The van der Waals surface area contributed by atoms with E-state index in [0.29, 0.717) is 6.61 Å². The third-order valence-electron chi connectivity index (χ3n) is 3.57. The van der Waals surface area contributed by atoms with Crippen molar-refractivity contribution in [3.8, 4) is 11.5 Å². The van der Waals surface area contributed by atoms with Gasteiger partial charge in [0.25, 0.3) is 0 Å². The fourth-order valence-electron chi connectivity index (χ4n) is 2.53. The molecule has 1 aromatic carbocycles. The predicted molar refractivity (Wildman–Crippen MR) is 80.8 cm³/mol. The van der Waals surface area contributed by atoms with Crippen LogP contribution in [0.4, 0.5) is 0 Å². The monoisotopic (exact) mass is 287 g/mol. The van der Waals surface area contributed by atoms with E-state index in [0.717, 1.165) is 42.5 Å². The Balaban J connectivity index is 1.55. The van der Waals surface area contributed by atoms with Crippen LogP contribution < -0.4 is 9.47 Å². The molecular weight excluding hydrogens is 266 g/mol. The Labute approximate surface area is 125 Å². The van der Waals surface area contributed by atoms with Gasteiger partial charge in [0.1, 0.15) is 24.2 Å². The van der Waals surface area contributed by atoms with Gasteiger partial charge in [-0.1, -0.05) is 19.1 Å². The highest BCUT2D eigenvalue weighted by Gasteiger charge is 2.22. The molecule has 1 aromatic heterocycles. The van der Waals surface area contributed by atoms with Gasteiger partial charge in [0, 0.05) is 13.0 Å². The lowest BCUT2D eigenvalue weighted by Crippen LogP contribution is -2.39. The number of aryl methyl sites for hydroxylation is 1. The molecule has 1 unspecified atom stereocenters. The molecule has 0 bridgehead atoms. The first-order valence-electron chi connectivity index (χ1n) is 7.39. The van der Waals surface area contributed by atoms with Gasteiger partial charge in [-0.15, -0.1) is 0 Å². The van der Waals surface area contributed by atoms with Crippen molar-refractivity contribution in [3.63, 3.8) is 0 Å². The van der Waals surface area contributed by atoms with Crippen molar-refractivity contribution < 1.29 is 13.9 Å². The Morgan fingerprint density at radius 2 is 1.86 bits per heavy atom. The van der Waals surface area contributed by atoms with Crippen LogP contribution in [0.1, 0.15) is 18.4 Å². The molecule has 2 aromatic rings. The van der Waals surface area contributed by atoms with E-state index in [9.17, 15) is 0 Å².